The van der Waals surface area contributed by atoms with Crippen LogP contribution in [0.25, 0.3) is 6.08 Å². The van der Waals surface area contributed by atoms with Crippen LogP contribution < -0.4 is 10.1 Å². The summed E-state index contributed by atoms with van der Waals surface area (Å²) < 4.78 is 11.2. The van der Waals surface area contributed by atoms with Crippen molar-refractivity contribution < 1.29 is 14.3 Å². The van der Waals surface area contributed by atoms with E-state index in [-0.39, 0.29) is 6.10 Å². The molecule has 4 heteroatoms. The van der Waals surface area contributed by atoms with Gasteiger partial charge in [0, 0.05) is 19.3 Å². The standard InChI is InChI=1S/C20H25NO3/c1-14(23-2)3-9-18-13-21-19-12-16(6-10-20(19)24-18)11-15-4-7-17(22)8-5-15/h6,10-12,18,21H,1,3-5,7-9,13H2,2H3. The van der Waals surface area contributed by atoms with Crippen molar-refractivity contribution in [1.29, 1.82) is 0 Å². The van der Waals surface area contributed by atoms with Crippen molar-refractivity contribution in [3.05, 3.63) is 41.7 Å². The first-order valence-electron chi connectivity index (χ1n) is 8.61. The van der Waals surface area contributed by atoms with Gasteiger partial charge in [0.2, 0.25) is 0 Å². The number of Topliss-reactive ketones (excluding diaryl/α,β-unsaturated/α-hetero) is 1. The van der Waals surface area contributed by atoms with Crippen molar-refractivity contribution in [3.8, 4) is 5.75 Å². The number of fused-ring (bicyclic) bond motifs is 1. The van der Waals surface area contributed by atoms with Crippen LogP contribution >= 0.6 is 0 Å². The fourth-order valence-corrected chi connectivity index (χ4v) is 3.14. The number of allylic oxidation sites excluding steroid dienone is 2. The molecule has 1 heterocycles. The van der Waals surface area contributed by atoms with Crippen LogP contribution in [0.1, 0.15) is 44.1 Å². The van der Waals surface area contributed by atoms with Crippen molar-refractivity contribution in [1.82, 2.24) is 0 Å². The highest BCUT2D eigenvalue weighted by atomic mass is 16.5. The molecule has 24 heavy (non-hydrogen) atoms. The first-order chi connectivity index (χ1) is 11.6. The Hall–Kier alpha value is -2.23. The Balaban J connectivity index is 1.62. The van der Waals surface area contributed by atoms with E-state index in [0.717, 1.165) is 49.4 Å². The van der Waals surface area contributed by atoms with Crippen LogP contribution in [0.2, 0.25) is 0 Å². The van der Waals surface area contributed by atoms with Crippen molar-refractivity contribution in [2.24, 2.45) is 0 Å². The minimum absolute atomic E-state index is 0.137. The molecule has 1 aromatic carbocycles. The van der Waals surface area contributed by atoms with Gasteiger partial charge in [-0.2, -0.15) is 0 Å². The van der Waals surface area contributed by atoms with Gasteiger partial charge in [0.05, 0.1) is 25.1 Å². The molecular formula is C20H25NO3. The van der Waals surface area contributed by atoms with Gasteiger partial charge in [-0.25, -0.2) is 0 Å². The van der Waals surface area contributed by atoms with E-state index in [0.29, 0.717) is 18.6 Å². The summed E-state index contributed by atoms with van der Waals surface area (Å²) >= 11 is 0. The maximum Gasteiger partial charge on any atom is 0.142 e. The summed E-state index contributed by atoms with van der Waals surface area (Å²) in [6.45, 7) is 4.64. The van der Waals surface area contributed by atoms with Crippen LogP contribution in [0.15, 0.2) is 36.1 Å². The largest absolute Gasteiger partial charge is 0.502 e. The zero-order chi connectivity index (χ0) is 16.9. The molecule has 0 radical (unpaired) electrons. The molecule has 1 unspecified atom stereocenters. The number of anilines is 1. The summed E-state index contributed by atoms with van der Waals surface area (Å²) in [5.41, 5.74) is 3.57. The Labute approximate surface area is 143 Å². The van der Waals surface area contributed by atoms with Crippen LogP contribution in [0.4, 0.5) is 5.69 Å². The molecule has 1 aliphatic heterocycles. The molecule has 1 saturated carbocycles. The summed E-state index contributed by atoms with van der Waals surface area (Å²) in [5, 5.41) is 3.46. The molecule has 1 N–H and O–H groups in total. The second-order valence-electron chi connectivity index (χ2n) is 6.50. The molecular weight excluding hydrogens is 302 g/mol. The van der Waals surface area contributed by atoms with Gasteiger partial charge in [-0.05, 0) is 37.0 Å². The van der Waals surface area contributed by atoms with Crippen LogP contribution in [0, 0.1) is 0 Å². The second-order valence-corrected chi connectivity index (χ2v) is 6.50. The lowest BCUT2D eigenvalue weighted by molar-refractivity contribution is -0.119. The first kappa shape index (κ1) is 16.6. The summed E-state index contributed by atoms with van der Waals surface area (Å²) in [5.74, 6) is 2.07. The minimum atomic E-state index is 0.137. The van der Waals surface area contributed by atoms with Gasteiger partial charge in [-0.1, -0.05) is 24.3 Å². The molecule has 1 atom stereocenters. The molecule has 2 aliphatic rings. The molecule has 4 nitrogen and oxygen atoms in total. The smallest absolute Gasteiger partial charge is 0.142 e. The molecule has 3 rings (SSSR count). The van der Waals surface area contributed by atoms with E-state index in [1.54, 1.807) is 7.11 Å². The Morgan fingerprint density at radius 1 is 1.38 bits per heavy atom. The van der Waals surface area contributed by atoms with E-state index in [1.807, 2.05) is 6.07 Å². The highest BCUT2D eigenvalue weighted by Crippen LogP contribution is 2.33. The maximum atomic E-state index is 11.3. The second kappa shape index (κ2) is 7.56. The third-order valence-electron chi connectivity index (χ3n) is 4.67. The number of methoxy groups -OCH3 is 1. The molecule has 0 aromatic heterocycles. The van der Waals surface area contributed by atoms with Gasteiger partial charge >= 0.3 is 0 Å². The Morgan fingerprint density at radius 2 is 2.17 bits per heavy atom. The molecule has 128 valence electrons. The number of ketones is 1. The molecule has 0 spiro atoms. The zero-order valence-corrected chi connectivity index (χ0v) is 14.3. The van der Waals surface area contributed by atoms with E-state index in [9.17, 15) is 4.79 Å². The van der Waals surface area contributed by atoms with Crippen LogP contribution in [0.5, 0.6) is 5.75 Å². The summed E-state index contributed by atoms with van der Waals surface area (Å²) in [6.07, 6.45) is 7.21. The van der Waals surface area contributed by atoms with Gasteiger partial charge < -0.3 is 14.8 Å². The highest BCUT2D eigenvalue weighted by Gasteiger charge is 2.20. The number of nitrogens with one attached hydrogen (secondary N) is 1. The number of carbonyl (C=O) groups is 1. The lowest BCUT2D eigenvalue weighted by Gasteiger charge is -2.28. The van der Waals surface area contributed by atoms with E-state index in [2.05, 4.69) is 30.1 Å². The summed E-state index contributed by atoms with van der Waals surface area (Å²) in [7, 11) is 1.65. The fraction of sp³-hybridized carbons (Fsp3) is 0.450. The van der Waals surface area contributed by atoms with Crippen LogP contribution in [-0.2, 0) is 9.53 Å². The van der Waals surface area contributed by atoms with Gasteiger partial charge in [0.15, 0.2) is 0 Å². The average Bonchev–Trinajstić information content (AvgIpc) is 2.61. The zero-order valence-electron chi connectivity index (χ0n) is 14.3. The monoisotopic (exact) mass is 327 g/mol. The minimum Gasteiger partial charge on any atom is -0.502 e. The number of hydrogen-bond acceptors (Lipinski definition) is 4. The normalized spacial score (nSPS) is 19.8. The number of benzene rings is 1. The highest BCUT2D eigenvalue weighted by molar-refractivity contribution is 5.81. The molecule has 0 saturated heterocycles. The van der Waals surface area contributed by atoms with Crippen molar-refractivity contribution in [3.63, 3.8) is 0 Å². The predicted octanol–water partition coefficient (Wildman–Crippen LogP) is 4.33. The van der Waals surface area contributed by atoms with E-state index in [1.165, 1.54) is 11.1 Å². The Bertz CT molecular complexity index is 651. The third kappa shape index (κ3) is 4.19. The maximum absolute atomic E-state index is 11.3. The molecule has 0 amide bonds. The summed E-state index contributed by atoms with van der Waals surface area (Å²) in [4.78, 5) is 11.3. The van der Waals surface area contributed by atoms with Crippen molar-refractivity contribution >= 4 is 17.5 Å². The number of carbonyl (C=O) groups excluding carboxylic acids is 1. The average molecular weight is 327 g/mol. The SMILES string of the molecule is C=C(CCC1CNc2cc(C=C3CCC(=O)CC3)ccc2O1)OC. The van der Waals surface area contributed by atoms with Crippen molar-refractivity contribution in [2.45, 2.75) is 44.6 Å². The summed E-state index contributed by atoms with van der Waals surface area (Å²) in [6, 6.07) is 6.24. The van der Waals surface area contributed by atoms with Gasteiger partial charge in [-0.3, -0.25) is 4.79 Å². The number of hydrogen-bond donors (Lipinski definition) is 1. The fourth-order valence-electron chi connectivity index (χ4n) is 3.14. The van der Waals surface area contributed by atoms with Gasteiger partial charge in [0.1, 0.15) is 17.6 Å². The first-order valence-corrected chi connectivity index (χ1v) is 8.61. The number of rotatable bonds is 5. The Morgan fingerprint density at radius 3 is 2.92 bits per heavy atom. The molecule has 1 aromatic rings. The molecule has 0 bridgehead atoms. The van der Waals surface area contributed by atoms with Crippen molar-refractivity contribution in [2.75, 3.05) is 19.0 Å². The van der Waals surface area contributed by atoms with Crippen LogP contribution in [0.3, 0.4) is 0 Å². The van der Waals surface area contributed by atoms with Crippen LogP contribution in [-0.4, -0.2) is 25.5 Å². The van der Waals surface area contributed by atoms with E-state index in [4.69, 9.17) is 9.47 Å². The predicted molar refractivity (Wildman–Crippen MR) is 96.2 cm³/mol. The lowest BCUT2D eigenvalue weighted by atomic mass is 9.92. The quantitative estimate of drug-likeness (QED) is 0.818. The molecule has 1 aliphatic carbocycles. The topological polar surface area (TPSA) is 47.6 Å². The Kier molecular flexibility index (Phi) is 5.24. The van der Waals surface area contributed by atoms with E-state index >= 15 is 0 Å². The molecule has 1 fully saturated rings. The third-order valence-corrected chi connectivity index (χ3v) is 4.67. The lowest BCUT2D eigenvalue weighted by Crippen LogP contribution is -2.30. The van der Waals surface area contributed by atoms with Gasteiger partial charge in [0.25, 0.3) is 0 Å². The number of ether oxygens (including phenoxy) is 2. The van der Waals surface area contributed by atoms with E-state index < -0.39 is 0 Å². The van der Waals surface area contributed by atoms with Gasteiger partial charge in [-0.15, -0.1) is 0 Å².